The van der Waals surface area contributed by atoms with Gasteiger partial charge in [-0.2, -0.15) is 5.26 Å². The fourth-order valence-corrected chi connectivity index (χ4v) is 1.81. The van der Waals surface area contributed by atoms with Gasteiger partial charge in [0.05, 0.1) is 11.6 Å². The Bertz CT molecular complexity index is 612. The summed E-state index contributed by atoms with van der Waals surface area (Å²) in [7, 11) is 0. The normalized spacial score (nSPS) is 9.50. The van der Waals surface area contributed by atoms with E-state index in [9.17, 15) is 0 Å². The Morgan fingerprint density at radius 2 is 1.78 bits per heavy atom. The third-order valence-electron chi connectivity index (χ3n) is 2.51. The molecule has 0 unspecified atom stereocenters. The van der Waals surface area contributed by atoms with Crippen LogP contribution in [0, 0.1) is 11.3 Å². The Morgan fingerprint density at radius 1 is 1.11 bits per heavy atom. The number of thiocarbonyl (C=S) groups is 1. The lowest BCUT2D eigenvalue weighted by molar-refractivity contribution is 1.48. The van der Waals surface area contributed by atoms with E-state index in [0.717, 1.165) is 16.8 Å². The summed E-state index contributed by atoms with van der Waals surface area (Å²) in [4.78, 5) is 0. The van der Waals surface area contributed by atoms with Gasteiger partial charge in [-0.1, -0.05) is 30.3 Å². The summed E-state index contributed by atoms with van der Waals surface area (Å²) in [6, 6.07) is 17.2. The first kappa shape index (κ1) is 12.1. The molecule has 0 saturated heterocycles. The molecular formula is C14H11N3S. The van der Waals surface area contributed by atoms with E-state index in [1.807, 2.05) is 36.4 Å². The van der Waals surface area contributed by atoms with Crippen LogP contribution in [-0.2, 0) is 0 Å². The zero-order valence-corrected chi connectivity index (χ0v) is 10.4. The minimum atomic E-state index is 0.232. The fraction of sp³-hybridized carbons (Fsp3) is 0. The second-order valence-electron chi connectivity index (χ2n) is 3.72. The first-order valence-corrected chi connectivity index (χ1v) is 5.77. The Balaban J connectivity index is 2.43. The summed E-state index contributed by atoms with van der Waals surface area (Å²) in [6.07, 6.45) is 0. The maximum atomic E-state index is 8.78. The fourth-order valence-electron chi connectivity index (χ4n) is 1.70. The number of nitriles is 1. The highest BCUT2D eigenvalue weighted by atomic mass is 32.1. The molecule has 0 bridgehead atoms. The molecule has 2 aromatic rings. The second-order valence-corrected chi connectivity index (χ2v) is 4.16. The monoisotopic (exact) mass is 253 g/mol. The second kappa shape index (κ2) is 5.30. The molecule has 3 N–H and O–H groups in total. The van der Waals surface area contributed by atoms with Gasteiger partial charge in [0.25, 0.3) is 0 Å². The van der Waals surface area contributed by atoms with Crippen molar-refractivity contribution in [2.45, 2.75) is 0 Å². The molecule has 4 heteroatoms. The summed E-state index contributed by atoms with van der Waals surface area (Å²) in [6.45, 7) is 0. The Labute approximate surface area is 111 Å². The summed E-state index contributed by atoms with van der Waals surface area (Å²) in [5.41, 5.74) is 8.99. The van der Waals surface area contributed by atoms with E-state index in [1.165, 1.54) is 0 Å². The lowest BCUT2D eigenvalue weighted by atomic mass is 10.0. The van der Waals surface area contributed by atoms with E-state index in [4.69, 9.17) is 23.2 Å². The minimum Gasteiger partial charge on any atom is -0.376 e. The van der Waals surface area contributed by atoms with Crippen molar-refractivity contribution in [1.82, 2.24) is 0 Å². The van der Waals surface area contributed by atoms with Crippen molar-refractivity contribution in [2.75, 3.05) is 5.32 Å². The molecule has 0 aliphatic heterocycles. The van der Waals surface area contributed by atoms with Crippen molar-refractivity contribution >= 4 is 23.0 Å². The van der Waals surface area contributed by atoms with Gasteiger partial charge >= 0.3 is 0 Å². The predicted octanol–water partition coefficient (Wildman–Crippen LogP) is 2.88. The maximum absolute atomic E-state index is 8.78. The molecule has 0 fully saturated rings. The van der Waals surface area contributed by atoms with Crippen LogP contribution in [-0.4, -0.2) is 5.11 Å². The standard InChI is InChI=1S/C14H11N3S/c15-9-10-5-7-11(8-6-10)12-3-1-2-4-13(12)17-14(16)18/h1-8H,(H3,16,17,18). The zero-order valence-electron chi connectivity index (χ0n) is 9.55. The molecular weight excluding hydrogens is 242 g/mol. The molecule has 0 saturated carbocycles. The largest absolute Gasteiger partial charge is 0.376 e. The van der Waals surface area contributed by atoms with Crippen molar-refractivity contribution in [3.05, 3.63) is 54.1 Å². The molecule has 3 nitrogen and oxygen atoms in total. The smallest absolute Gasteiger partial charge is 0.168 e. The molecule has 0 atom stereocenters. The van der Waals surface area contributed by atoms with Gasteiger partial charge in [-0.15, -0.1) is 0 Å². The molecule has 0 heterocycles. The van der Waals surface area contributed by atoms with Crippen LogP contribution >= 0.6 is 12.2 Å². The van der Waals surface area contributed by atoms with E-state index in [-0.39, 0.29) is 5.11 Å². The number of hydrogen-bond acceptors (Lipinski definition) is 2. The Kier molecular flexibility index (Phi) is 3.56. The average Bonchev–Trinajstić information content (AvgIpc) is 2.39. The Hall–Kier alpha value is -2.38. The first-order valence-electron chi connectivity index (χ1n) is 5.37. The first-order chi connectivity index (χ1) is 8.70. The van der Waals surface area contributed by atoms with E-state index in [1.54, 1.807) is 12.1 Å². The van der Waals surface area contributed by atoms with Gasteiger partial charge in [-0.05, 0) is 36.0 Å². The number of nitrogens with one attached hydrogen (secondary N) is 1. The highest BCUT2D eigenvalue weighted by Gasteiger charge is 2.04. The summed E-state index contributed by atoms with van der Waals surface area (Å²) >= 11 is 4.85. The van der Waals surface area contributed by atoms with Crippen LogP contribution in [0.1, 0.15) is 5.56 Å². The van der Waals surface area contributed by atoms with Crippen molar-refractivity contribution in [1.29, 1.82) is 5.26 Å². The van der Waals surface area contributed by atoms with Crippen LogP contribution in [0.4, 0.5) is 5.69 Å². The number of benzene rings is 2. The molecule has 0 amide bonds. The van der Waals surface area contributed by atoms with Crippen molar-refractivity contribution in [2.24, 2.45) is 5.73 Å². The molecule has 18 heavy (non-hydrogen) atoms. The topological polar surface area (TPSA) is 61.8 Å². The van der Waals surface area contributed by atoms with Crippen molar-refractivity contribution in [3.63, 3.8) is 0 Å². The van der Waals surface area contributed by atoms with Crippen molar-refractivity contribution < 1.29 is 0 Å². The van der Waals surface area contributed by atoms with Crippen LogP contribution in [0.3, 0.4) is 0 Å². The van der Waals surface area contributed by atoms with Gasteiger partial charge < -0.3 is 11.1 Å². The molecule has 2 rings (SSSR count). The molecule has 0 aromatic heterocycles. The maximum Gasteiger partial charge on any atom is 0.168 e. The number of anilines is 1. The Morgan fingerprint density at radius 3 is 2.39 bits per heavy atom. The molecule has 88 valence electrons. The zero-order chi connectivity index (χ0) is 13.0. The highest BCUT2D eigenvalue weighted by Crippen LogP contribution is 2.27. The van der Waals surface area contributed by atoms with E-state index < -0.39 is 0 Å². The van der Waals surface area contributed by atoms with E-state index in [0.29, 0.717) is 5.56 Å². The lowest BCUT2D eigenvalue weighted by Crippen LogP contribution is -2.19. The number of rotatable bonds is 2. The molecule has 0 spiro atoms. The SMILES string of the molecule is N#Cc1ccc(-c2ccccc2NC(N)=S)cc1. The van der Waals surface area contributed by atoms with E-state index in [2.05, 4.69) is 11.4 Å². The quantitative estimate of drug-likeness (QED) is 0.808. The molecule has 2 aromatic carbocycles. The van der Waals surface area contributed by atoms with Crippen LogP contribution in [0.15, 0.2) is 48.5 Å². The summed E-state index contributed by atoms with van der Waals surface area (Å²) < 4.78 is 0. The summed E-state index contributed by atoms with van der Waals surface area (Å²) in [5, 5.41) is 12.0. The lowest BCUT2D eigenvalue weighted by Gasteiger charge is -2.10. The van der Waals surface area contributed by atoms with Gasteiger partial charge in [-0.25, -0.2) is 0 Å². The number of nitrogens with two attached hydrogens (primary N) is 1. The van der Waals surface area contributed by atoms with Crippen LogP contribution in [0.25, 0.3) is 11.1 Å². The van der Waals surface area contributed by atoms with Crippen LogP contribution in [0.5, 0.6) is 0 Å². The van der Waals surface area contributed by atoms with Gasteiger partial charge in [-0.3, -0.25) is 0 Å². The highest BCUT2D eigenvalue weighted by molar-refractivity contribution is 7.80. The number of hydrogen-bond donors (Lipinski definition) is 2. The molecule has 0 aliphatic carbocycles. The van der Waals surface area contributed by atoms with Gasteiger partial charge in [0, 0.05) is 11.3 Å². The number of nitrogens with zero attached hydrogens (tertiary/aromatic N) is 1. The predicted molar refractivity (Wildman–Crippen MR) is 77.0 cm³/mol. The van der Waals surface area contributed by atoms with Gasteiger partial charge in [0.1, 0.15) is 0 Å². The third kappa shape index (κ3) is 2.65. The van der Waals surface area contributed by atoms with Crippen LogP contribution < -0.4 is 11.1 Å². The summed E-state index contributed by atoms with van der Waals surface area (Å²) in [5.74, 6) is 0. The van der Waals surface area contributed by atoms with Crippen LogP contribution in [0.2, 0.25) is 0 Å². The third-order valence-corrected chi connectivity index (χ3v) is 2.61. The minimum absolute atomic E-state index is 0.232. The van der Waals surface area contributed by atoms with Crippen molar-refractivity contribution in [3.8, 4) is 17.2 Å². The number of para-hydroxylation sites is 1. The van der Waals surface area contributed by atoms with Gasteiger partial charge in [0.2, 0.25) is 0 Å². The van der Waals surface area contributed by atoms with E-state index >= 15 is 0 Å². The average molecular weight is 253 g/mol. The van der Waals surface area contributed by atoms with Gasteiger partial charge in [0.15, 0.2) is 5.11 Å². The molecule has 0 radical (unpaired) electrons. The molecule has 0 aliphatic rings.